The molecule has 0 aliphatic heterocycles. The number of carbonyl (C=O) groups excluding carboxylic acids is 1. The zero-order chi connectivity index (χ0) is 11.4. The highest BCUT2D eigenvalue weighted by Crippen LogP contribution is 2.22. The third-order valence-electron chi connectivity index (χ3n) is 1.65. The molecule has 0 heterocycles. The first kappa shape index (κ1) is 11.6. The second kappa shape index (κ2) is 4.83. The van der Waals surface area contributed by atoms with Crippen LogP contribution >= 0.6 is 23.2 Å². The van der Waals surface area contributed by atoms with E-state index < -0.39 is 5.91 Å². The van der Waals surface area contributed by atoms with Crippen molar-refractivity contribution >= 4 is 35.2 Å². The van der Waals surface area contributed by atoms with Crippen LogP contribution in [0.1, 0.15) is 5.56 Å². The fourth-order valence-corrected chi connectivity index (χ4v) is 1.40. The molecule has 76 valence electrons. The molecular weight excluding hydrogens is 235 g/mol. The molecule has 1 aromatic rings. The minimum atomic E-state index is -0.788. The Morgan fingerprint density at radius 1 is 1.47 bits per heavy atom. The van der Waals surface area contributed by atoms with Gasteiger partial charge < -0.3 is 5.73 Å². The topological polar surface area (TPSA) is 66.9 Å². The van der Waals surface area contributed by atoms with Gasteiger partial charge in [0.25, 0.3) is 5.91 Å². The van der Waals surface area contributed by atoms with Gasteiger partial charge in [0.2, 0.25) is 0 Å². The van der Waals surface area contributed by atoms with Crippen molar-refractivity contribution in [1.29, 1.82) is 5.26 Å². The van der Waals surface area contributed by atoms with Gasteiger partial charge in [-0.05, 0) is 23.8 Å². The summed E-state index contributed by atoms with van der Waals surface area (Å²) in [4.78, 5) is 10.8. The largest absolute Gasteiger partial charge is 0.365 e. The summed E-state index contributed by atoms with van der Waals surface area (Å²) in [5, 5.41) is 9.45. The Kier molecular flexibility index (Phi) is 3.73. The number of benzene rings is 1. The number of nitriles is 1. The monoisotopic (exact) mass is 240 g/mol. The SMILES string of the molecule is N#C/C(=C/c1ccc(Cl)cc1Cl)C(N)=O. The van der Waals surface area contributed by atoms with Crippen LogP contribution in [0.5, 0.6) is 0 Å². The number of hydrogen-bond donors (Lipinski definition) is 1. The van der Waals surface area contributed by atoms with E-state index in [1.165, 1.54) is 12.1 Å². The molecule has 0 aliphatic carbocycles. The van der Waals surface area contributed by atoms with Crippen LogP contribution in [-0.4, -0.2) is 5.91 Å². The molecule has 0 fully saturated rings. The van der Waals surface area contributed by atoms with Crippen LogP contribution < -0.4 is 5.73 Å². The maximum Gasteiger partial charge on any atom is 0.259 e. The normalized spacial score (nSPS) is 10.9. The Morgan fingerprint density at radius 3 is 2.60 bits per heavy atom. The van der Waals surface area contributed by atoms with Gasteiger partial charge in [0.1, 0.15) is 11.6 Å². The lowest BCUT2D eigenvalue weighted by molar-refractivity contribution is -0.114. The van der Waals surface area contributed by atoms with Crippen LogP contribution in [0, 0.1) is 11.3 Å². The molecule has 0 spiro atoms. The summed E-state index contributed by atoms with van der Waals surface area (Å²) in [6.07, 6.45) is 1.32. The van der Waals surface area contributed by atoms with Gasteiger partial charge in [0.05, 0.1) is 0 Å². The molecule has 1 amide bonds. The zero-order valence-corrected chi connectivity index (χ0v) is 9.01. The van der Waals surface area contributed by atoms with Gasteiger partial charge in [-0.15, -0.1) is 0 Å². The summed E-state index contributed by atoms with van der Waals surface area (Å²) in [5.74, 6) is -0.788. The van der Waals surface area contributed by atoms with Crippen molar-refractivity contribution in [3.63, 3.8) is 0 Å². The molecular formula is C10H6Cl2N2O. The number of nitrogens with two attached hydrogens (primary N) is 1. The minimum absolute atomic E-state index is 0.153. The number of hydrogen-bond acceptors (Lipinski definition) is 2. The molecule has 0 unspecified atom stereocenters. The lowest BCUT2D eigenvalue weighted by Gasteiger charge is -1.99. The van der Waals surface area contributed by atoms with E-state index in [-0.39, 0.29) is 5.57 Å². The zero-order valence-electron chi connectivity index (χ0n) is 7.50. The standard InChI is InChI=1S/C10H6Cl2N2O/c11-8-2-1-6(9(12)4-8)3-7(5-13)10(14)15/h1-4H,(H2,14,15)/b7-3-. The van der Waals surface area contributed by atoms with E-state index in [1.807, 2.05) is 0 Å². The van der Waals surface area contributed by atoms with Crippen LogP contribution in [0.2, 0.25) is 10.0 Å². The van der Waals surface area contributed by atoms with E-state index in [4.69, 9.17) is 34.2 Å². The van der Waals surface area contributed by atoms with Crippen molar-refractivity contribution in [2.45, 2.75) is 0 Å². The molecule has 0 aliphatic rings. The first-order valence-corrected chi connectivity index (χ1v) is 4.67. The summed E-state index contributed by atoms with van der Waals surface area (Å²) >= 11 is 11.5. The van der Waals surface area contributed by atoms with Crippen LogP contribution in [0.4, 0.5) is 0 Å². The van der Waals surface area contributed by atoms with E-state index in [0.29, 0.717) is 15.6 Å². The quantitative estimate of drug-likeness (QED) is 0.638. The maximum absolute atomic E-state index is 10.8. The van der Waals surface area contributed by atoms with Gasteiger partial charge in [0, 0.05) is 10.0 Å². The van der Waals surface area contributed by atoms with Crippen LogP contribution in [0.25, 0.3) is 6.08 Å². The van der Waals surface area contributed by atoms with E-state index in [1.54, 1.807) is 18.2 Å². The summed E-state index contributed by atoms with van der Waals surface area (Å²) in [6, 6.07) is 6.41. The second-order valence-electron chi connectivity index (χ2n) is 2.70. The highest BCUT2D eigenvalue weighted by molar-refractivity contribution is 6.35. The number of rotatable bonds is 2. The smallest absolute Gasteiger partial charge is 0.259 e. The third-order valence-corrected chi connectivity index (χ3v) is 2.21. The third kappa shape index (κ3) is 2.98. The predicted molar refractivity (Wildman–Crippen MR) is 59.2 cm³/mol. The molecule has 0 radical (unpaired) electrons. The van der Waals surface area contributed by atoms with E-state index >= 15 is 0 Å². The van der Waals surface area contributed by atoms with Crippen molar-refractivity contribution in [3.8, 4) is 6.07 Å². The Hall–Kier alpha value is -1.50. The minimum Gasteiger partial charge on any atom is -0.365 e. The summed E-state index contributed by atoms with van der Waals surface area (Å²) in [5.41, 5.74) is 5.35. The Balaban J connectivity index is 3.19. The highest BCUT2D eigenvalue weighted by Gasteiger charge is 2.05. The van der Waals surface area contributed by atoms with Gasteiger partial charge in [-0.1, -0.05) is 29.3 Å². The van der Waals surface area contributed by atoms with Crippen LogP contribution in [0.15, 0.2) is 23.8 Å². The molecule has 0 saturated carbocycles. The Bertz CT molecular complexity index is 475. The van der Waals surface area contributed by atoms with Gasteiger partial charge in [-0.2, -0.15) is 5.26 Å². The van der Waals surface area contributed by atoms with E-state index in [0.717, 1.165) is 0 Å². The molecule has 0 aromatic heterocycles. The predicted octanol–water partition coefficient (Wildman–Crippen LogP) is 2.39. The van der Waals surface area contributed by atoms with Crippen molar-refractivity contribution in [2.75, 3.05) is 0 Å². The molecule has 2 N–H and O–H groups in total. The fraction of sp³-hybridized carbons (Fsp3) is 0. The fourth-order valence-electron chi connectivity index (χ4n) is 0.933. The number of nitrogens with zero attached hydrogens (tertiary/aromatic N) is 1. The molecule has 0 saturated heterocycles. The first-order chi connectivity index (χ1) is 7.04. The van der Waals surface area contributed by atoms with E-state index in [9.17, 15) is 4.79 Å². The van der Waals surface area contributed by atoms with Crippen molar-refractivity contribution in [3.05, 3.63) is 39.4 Å². The number of primary amides is 1. The van der Waals surface area contributed by atoms with Crippen molar-refractivity contribution < 1.29 is 4.79 Å². The van der Waals surface area contributed by atoms with Gasteiger partial charge in [-0.25, -0.2) is 0 Å². The summed E-state index contributed by atoms with van der Waals surface area (Å²) in [6.45, 7) is 0. The lowest BCUT2D eigenvalue weighted by Crippen LogP contribution is -2.12. The molecule has 3 nitrogen and oxygen atoms in total. The van der Waals surface area contributed by atoms with Crippen molar-refractivity contribution in [2.24, 2.45) is 5.73 Å². The Morgan fingerprint density at radius 2 is 2.13 bits per heavy atom. The molecule has 0 bridgehead atoms. The summed E-state index contributed by atoms with van der Waals surface area (Å²) < 4.78 is 0. The number of halogens is 2. The molecule has 1 rings (SSSR count). The molecule has 1 aromatic carbocycles. The highest BCUT2D eigenvalue weighted by atomic mass is 35.5. The number of carbonyl (C=O) groups is 1. The number of amides is 1. The van der Waals surface area contributed by atoms with Crippen LogP contribution in [-0.2, 0) is 4.79 Å². The van der Waals surface area contributed by atoms with Gasteiger partial charge in [-0.3, -0.25) is 4.79 Å². The average Bonchev–Trinajstić information content (AvgIpc) is 2.16. The molecule has 15 heavy (non-hydrogen) atoms. The van der Waals surface area contributed by atoms with Gasteiger partial charge in [0.15, 0.2) is 0 Å². The average molecular weight is 241 g/mol. The molecule has 5 heteroatoms. The van der Waals surface area contributed by atoms with E-state index in [2.05, 4.69) is 0 Å². The van der Waals surface area contributed by atoms with Crippen LogP contribution in [0.3, 0.4) is 0 Å². The molecule has 0 atom stereocenters. The summed E-state index contributed by atoms with van der Waals surface area (Å²) in [7, 11) is 0. The Labute approximate surface area is 96.7 Å². The maximum atomic E-state index is 10.8. The first-order valence-electron chi connectivity index (χ1n) is 3.91. The van der Waals surface area contributed by atoms with Gasteiger partial charge >= 0.3 is 0 Å². The lowest BCUT2D eigenvalue weighted by atomic mass is 10.1. The van der Waals surface area contributed by atoms with Crippen molar-refractivity contribution in [1.82, 2.24) is 0 Å². The second-order valence-corrected chi connectivity index (χ2v) is 3.54.